The molecule has 0 aliphatic carbocycles. The third kappa shape index (κ3) is 5.28. The van der Waals surface area contributed by atoms with Crippen LogP contribution >= 0.6 is 0 Å². The third-order valence-electron chi connectivity index (χ3n) is 5.16. The van der Waals surface area contributed by atoms with Crippen molar-refractivity contribution in [1.82, 2.24) is 20.1 Å². The Labute approximate surface area is 204 Å². The maximum atomic E-state index is 13.3. The second-order valence-corrected chi connectivity index (χ2v) is 10.5. The number of nitrogens with two attached hydrogens (primary N) is 1. The summed E-state index contributed by atoms with van der Waals surface area (Å²) in [4.78, 5) is 21.4. The minimum atomic E-state index is -4.78. The van der Waals surface area contributed by atoms with Gasteiger partial charge in [0, 0.05) is 23.9 Å². The molecule has 3 N–H and O–H groups in total. The first kappa shape index (κ1) is 25.4. The van der Waals surface area contributed by atoms with E-state index in [0.29, 0.717) is 18.8 Å². The first-order valence-electron chi connectivity index (χ1n) is 10.4. The van der Waals surface area contributed by atoms with Gasteiger partial charge in [0.2, 0.25) is 18.0 Å². The largest absolute Gasteiger partial charge is 0.481 e. The Morgan fingerprint density at radius 1 is 1.42 bits per heavy atom. The molecule has 2 atom stereocenters. The summed E-state index contributed by atoms with van der Waals surface area (Å²) in [7, 11) is -2.49. The summed E-state index contributed by atoms with van der Waals surface area (Å²) < 4.78 is 68.8. The highest BCUT2D eigenvalue weighted by atomic mass is 32.2. The van der Waals surface area contributed by atoms with E-state index < -0.39 is 34.1 Å². The van der Waals surface area contributed by atoms with Gasteiger partial charge in [-0.1, -0.05) is 13.8 Å². The van der Waals surface area contributed by atoms with Gasteiger partial charge in [0.1, 0.15) is 10.6 Å². The molecule has 16 heteroatoms. The number of allylic oxidation sites excluding steroid dienone is 1. The number of urea groups is 1. The van der Waals surface area contributed by atoms with Crippen LogP contribution in [0.4, 0.5) is 23.7 Å². The lowest BCUT2D eigenvalue weighted by atomic mass is 9.94. The number of ether oxygens (including phenoxy) is 2. The van der Waals surface area contributed by atoms with Crippen LogP contribution < -0.4 is 24.8 Å². The van der Waals surface area contributed by atoms with E-state index in [-0.39, 0.29) is 22.1 Å². The van der Waals surface area contributed by atoms with E-state index in [9.17, 15) is 22.2 Å². The van der Waals surface area contributed by atoms with Gasteiger partial charge in [0.25, 0.3) is 0 Å². The topological polar surface area (TPSA) is 149 Å². The number of anilines is 1. The summed E-state index contributed by atoms with van der Waals surface area (Å²) in [5.74, 6) is 0.294. The first-order chi connectivity index (χ1) is 16.8. The molecule has 2 aliphatic heterocycles. The number of hydrogen-bond acceptors (Lipinski definition) is 8. The monoisotopic (exact) mass is 528 g/mol. The maximum absolute atomic E-state index is 13.3. The minimum Gasteiger partial charge on any atom is -0.481 e. The fourth-order valence-electron chi connectivity index (χ4n) is 3.48. The van der Waals surface area contributed by atoms with Crippen LogP contribution in [0.25, 0.3) is 0 Å². The SMILES string of the molecule is COc1cc(N2C=CC(C(F)(F)F)=NC2NC(=O)N=S(N)(=O)c2cnn3c2OCC(C)(C)C3)ccn1. The van der Waals surface area contributed by atoms with Gasteiger partial charge in [0.05, 0.1) is 32.1 Å². The first-order valence-corrected chi connectivity index (χ1v) is 12.0. The maximum Gasteiger partial charge on any atom is 0.433 e. The molecule has 36 heavy (non-hydrogen) atoms. The zero-order valence-corrected chi connectivity index (χ0v) is 20.2. The van der Waals surface area contributed by atoms with E-state index in [4.69, 9.17) is 14.6 Å². The lowest BCUT2D eigenvalue weighted by molar-refractivity contribution is -0.0582. The molecule has 2 unspecified atom stereocenters. The number of methoxy groups -OCH3 is 1. The van der Waals surface area contributed by atoms with E-state index in [1.165, 1.54) is 41.2 Å². The lowest BCUT2D eigenvalue weighted by Crippen LogP contribution is -2.47. The number of aromatic nitrogens is 3. The third-order valence-corrected chi connectivity index (χ3v) is 6.50. The number of aliphatic imine (C=N–C) groups is 1. The van der Waals surface area contributed by atoms with Crippen molar-refractivity contribution < 1.29 is 31.6 Å². The summed E-state index contributed by atoms with van der Waals surface area (Å²) in [6, 6.07) is 1.65. The Kier molecular flexibility index (Phi) is 6.42. The van der Waals surface area contributed by atoms with Gasteiger partial charge in [-0.05, 0) is 12.1 Å². The molecule has 2 aromatic rings. The van der Waals surface area contributed by atoms with Crippen molar-refractivity contribution in [2.75, 3.05) is 18.6 Å². The highest BCUT2D eigenvalue weighted by Crippen LogP contribution is 2.33. The van der Waals surface area contributed by atoms with Crippen molar-refractivity contribution in [3.63, 3.8) is 0 Å². The lowest BCUT2D eigenvalue weighted by Gasteiger charge is -2.31. The van der Waals surface area contributed by atoms with Gasteiger partial charge >= 0.3 is 12.2 Å². The summed E-state index contributed by atoms with van der Waals surface area (Å²) in [5.41, 5.74) is -1.16. The predicted octanol–water partition coefficient (Wildman–Crippen LogP) is 2.44. The van der Waals surface area contributed by atoms with Gasteiger partial charge in [-0.2, -0.15) is 18.3 Å². The van der Waals surface area contributed by atoms with Crippen LogP contribution in [-0.2, 0) is 16.5 Å². The Balaban J connectivity index is 1.64. The Hall–Kier alpha value is -3.66. The Bertz CT molecular complexity index is 1360. The van der Waals surface area contributed by atoms with Crippen molar-refractivity contribution >= 4 is 27.3 Å². The molecule has 2 aliphatic rings. The fourth-order valence-corrected chi connectivity index (χ4v) is 4.49. The zero-order chi connectivity index (χ0) is 26.3. The van der Waals surface area contributed by atoms with E-state index >= 15 is 0 Å². The van der Waals surface area contributed by atoms with Gasteiger partial charge in [-0.3, -0.25) is 5.32 Å². The molecule has 2 aromatic heterocycles. The summed E-state index contributed by atoms with van der Waals surface area (Å²) in [6.45, 7) is 4.65. The van der Waals surface area contributed by atoms with Crippen LogP contribution in [-0.4, -0.2) is 56.9 Å². The number of amides is 2. The smallest absolute Gasteiger partial charge is 0.433 e. The number of carbonyl (C=O) groups excluding carboxylic acids is 1. The van der Waals surface area contributed by atoms with Crippen LogP contribution in [0, 0.1) is 5.41 Å². The number of halogens is 3. The second-order valence-electron chi connectivity index (χ2n) is 8.70. The van der Waals surface area contributed by atoms with Crippen molar-refractivity contribution in [3.8, 4) is 11.8 Å². The van der Waals surface area contributed by atoms with Crippen LogP contribution in [0.1, 0.15) is 13.8 Å². The molecule has 194 valence electrons. The number of carbonyl (C=O) groups is 1. The summed E-state index contributed by atoms with van der Waals surface area (Å²) in [6.07, 6.45) is -1.98. The number of rotatable bonds is 4. The predicted molar refractivity (Wildman–Crippen MR) is 123 cm³/mol. The number of nitrogens with zero attached hydrogens (tertiary/aromatic N) is 6. The van der Waals surface area contributed by atoms with Gasteiger partial charge in [-0.15, -0.1) is 4.36 Å². The van der Waals surface area contributed by atoms with Crippen LogP contribution in [0.15, 0.2) is 51.1 Å². The molecule has 4 rings (SSSR count). The molecular weight excluding hydrogens is 505 g/mol. The molecule has 0 saturated heterocycles. The molecule has 0 saturated carbocycles. The summed E-state index contributed by atoms with van der Waals surface area (Å²) in [5, 5.41) is 12.2. The van der Waals surface area contributed by atoms with E-state index in [2.05, 4.69) is 24.8 Å². The Morgan fingerprint density at radius 3 is 2.86 bits per heavy atom. The molecule has 0 radical (unpaired) electrons. The molecule has 0 aromatic carbocycles. The molecule has 12 nitrogen and oxygen atoms in total. The van der Waals surface area contributed by atoms with Crippen molar-refractivity contribution in [2.45, 2.75) is 37.8 Å². The minimum absolute atomic E-state index is 0.105. The van der Waals surface area contributed by atoms with Gasteiger partial charge < -0.3 is 14.4 Å². The van der Waals surface area contributed by atoms with Crippen molar-refractivity contribution in [2.24, 2.45) is 19.9 Å². The van der Waals surface area contributed by atoms with E-state index in [1.54, 1.807) is 0 Å². The Morgan fingerprint density at radius 2 is 2.17 bits per heavy atom. The fraction of sp³-hybridized carbons (Fsp3) is 0.400. The normalized spacial score (nSPS) is 20.5. The quantitative estimate of drug-likeness (QED) is 0.619. The van der Waals surface area contributed by atoms with E-state index in [1.807, 2.05) is 13.8 Å². The van der Waals surface area contributed by atoms with Crippen molar-refractivity contribution in [3.05, 3.63) is 36.8 Å². The number of fused-ring (bicyclic) bond motifs is 1. The molecule has 0 spiro atoms. The zero-order valence-electron chi connectivity index (χ0n) is 19.4. The number of nitrogens with one attached hydrogen (secondary N) is 1. The van der Waals surface area contributed by atoms with Crippen molar-refractivity contribution in [1.29, 1.82) is 0 Å². The van der Waals surface area contributed by atoms with Crippen LogP contribution in [0.2, 0.25) is 0 Å². The highest BCUT2D eigenvalue weighted by molar-refractivity contribution is 7.91. The van der Waals surface area contributed by atoms with Crippen LogP contribution in [0.5, 0.6) is 11.8 Å². The molecule has 4 heterocycles. The number of hydrogen-bond donors (Lipinski definition) is 2. The highest BCUT2D eigenvalue weighted by Gasteiger charge is 2.38. The molecular formula is C20H23F3N8O4S. The average Bonchev–Trinajstić information content (AvgIpc) is 3.21. The molecule has 0 bridgehead atoms. The van der Waals surface area contributed by atoms with Gasteiger partial charge in [-0.25, -0.2) is 28.8 Å². The number of alkyl halides is 3. The summed E-state index contributed by atoms with van der Waals surface area (Å²) >= 11 is 0. The second kappa shape index (κ2) is 9.09. The number of pyridine rings is 1. The molecule has 0 fully saturated rings. The average molecular weight is 529 g/mol. The van der Waals surface area contributed by atoms with Gasteiger partial charge in [0.15, 0.2) is 9.92 Å². The van der Waals surface area contributed by atoms with Crippen LogP contribution in [0.3, 0.4) is 0 Å². The standard InChI is InChI=1S/C20H23F3N8O4S/c1-19(2)10-31-16(35-11-19)13(9-26-31)36(24,33)29-18(32)28-17-27-14(20(21,22)23)5-7-30(17)12-4-6-25-15(8-12)34-3/h4-9,17H,10-11H2,1-3H3,(H3,24,28,29,32,33). The molecule has 2 amide bonds. The van der Waals surface area contributed by atoms with E-state index in [0.717, 1.165) is 12.3 Å².